The first kappa shape index (κ1) is 14.7. The van der Waals surface area contributed by atoms with Gasteiger partial charge in [-0.25, -0.2) is 4.79 Å². The summed E-state index contributed by atoms with van der Waals surface area (Å²) in [4.78, 5) is 20.1. The summed E-state index contributed by atoms with van der Waals surface area (Å²) in [5.41, 5.74) is 2.11. The molecular formula is C16H15N5O2. The number of aromatic nitrogens is 3. The van der Waals surface area contributed by atoms with Gasteiger partial charge in [-0.2, -0.15) is 4.98 Å². The van der Waals surface area contributed by atoms with E-state index in [1.807, 2.05) is 19.1 Å². The van der Waals surface area contributed by atoms with Crippen LogP contribution in [0.4, 0.5) is 16.2 Å². The Morgan fingerprint density at radius 2 is 1.91 bits per heavy atom. The zero-order valence-corrected chi connectivity index (χ0v) is 12.5. The second-order valence-electron chi connectivity index (χ2n) is 4.76. The molecule has 0 bridgehead atoms. The standard InChI is InChI=1S/C16H15N5O2/c1-2-14-20-15(21-23-14)11-5-7-12(8-6-11)18-16(22)19-13-4-3-9-17-10-13/h3-10H,2H2,1H3,(H2,18,19,22). The van der Waals surface area contributed by atoms with E-state index < -0.39 is 0 Å². The molecule has 7 heteroatoms. The van der Waals surface area contributed by atoms with Crippen LogP contribution in [0.15, 0.2) is 53.3 Å². The van der Waals surface area contributed by atoms with Gasteiger partial charge in [0.15, 0.2) is 0 Å². The Kier molecular flexibility index (Phi) is 4.28. The molecule has 0 spiro atoms. The molecule has 2 amide bonds. The lowest BCUT2D eigenvalue weighted by Gasteiger charge is -2.07. The third-order valence-corrected chi connectivity index (χ3v) is 3.09. The second-order valence-corrected chi connectivity index (χ2v) is 4.76. The second kappa shape index (κ2) is 6.69. The summed E-state index contributed by atoms with van der Waals surface area (Å²) in [5, 5.41) is 9.35. The fourth-order valence-corrected chi connectivity index (χ4v) is 1.95. The molecule has 0 unspecified atom stereocenters. The molecule has 0 saturated heterocycles. The van der Waals surface area contributed by atoms with Crippen LogP contribution in [0.1, 0.15) is 12.8 Å². The van der Waals surface area contributed by atoms with E-state index in [1.54, 1.807) is 36.7 Å². The van der Waals surface area contributed by atoms with Crippen molar-refractivity contribution in [3.05, 3.63) is 54.7 Å². The highest BCUT2D eigenvalue weighted by Crippen LogP contribution is 2.19. The molecule has 0 saturated carbocycles. The van der Waals surface area contributed by atoms with Crippen molar-refractivity contribution < 1.29 is 9.32 Å². The number of carbonyl (C=O) groups is 1. The third kappa shape index (κ3) is 3.70. The number of rotatable bonds is 4. The van der Waals surface area contributed by atoms with E-state index in [4.69, 9.17) is 4.52 Å². The third-order valence-electron chi connectivity index (χ3n) is 3.09. The van der Waals surface area contributed by atoms with Crippen molar-refractivity contribution >= 4 is 17.4 Å². The van der Waals surface area contributed by atoms with Gasteiger partial charge in [-0.05, 0) is 36.4 Å². The number of hydrogen-bond acceptors (Lipinski definition) is 5. The topological polar surface area (TPSA) is 92.9 Å². The number of urea groups is 1. The van der Waals surface area contributed by atoms with Crippen LogP contribution in [0, 0.1) is 0 Å². The molecule has 0 aliphatic heterocycles. The van der Waals surface area contributed by atoms with Crippen molar-refractivity contribution in [1.29, 1.82) is 0 Å². The molecule has 3 aromatic rings. The Bertz CT molecular complexity index is 784. The molecule has 3 rings (SSSR count). The molecule has 7 nitrogen and oxygen atoms in total. The number of carbonyl (C=O) groups excluding carboxylic acids is 1. The van der Waals surface area contributed by atoms with E-state index in [9.17, 15) is 4.79 Å². The lowest BCUT2D eigenvalue weighted by atomic mass is 10.2. The Morgan fingerprint density at radius 1 is 1.13 bits per heavy atom. The van der Waals surface area contributed by atoms with Crippen LogP contribution >= 0.6 is 0 Å². The van der Waals surface area contributed by atoms with Gasteiger partial charge >= 0.3 is 6.03 Å². The minimum Gasteiger partial charge on any atom is -0.339 e. The van der Waals surface area contributed by atoms with Gasteiger partial charge in [-0.1, -0.05) is 12.1 Å². The van der Waals surface area contributed by atoms with Gasteiger partial charge in [0.25, 0.3) is 0 Å². The molecule has 2 heterocycles. The zero-order chi connectivity index (χ0) is 16.1. The Hall–Kier alpha value is -3.22. The Balaban J connectivity index is 1.64. The smallest absolute Gasteiger partial charge is 0.323 e. The quantitative estimate of drug-likeness (QED) is 0.771. The summed E-state index contributed by atoms with van der Waals surface area (Å²) < 4.78 is 5.08. The van der Waals surface area contributed by atoms with Crippen LogP contribution < -0.4 is 10.6 Å². The fraction of sp³-hybridized carbons (Fsp3) is 0.125. The predicted octanol–water partition coefficient (Wildman–Crippen LogP) is 3.34. The summed E-state index contributed by atoms with van der Waals surface area (Å²) in [6.45, 7) is 1.95. The normalized spacial score (nSPS) is 10.3. The molecule has 0 aliphatic rings. The molecule has 1 aromatic carbocycles. The van der Waals surface area contributed by atoms with Gasteiger partial charge in [-0.3, -0.25) is 4.98 Å². The minimum absolute atomic E-state index is 0.335. The highest BCUT2D eigenvalue weighted by atomic mass is 16.5. The monoisotopic (exact) mass is 309 g/mol. The van der Waals surface area contributed by atoms with Gasteiger partial charge < -0.3 is 15.2 Å². The first-order valence-electron chi connectivity index (χ1n) is 7.15. The molecule has 0 aliphatic carbocycles. The average molecular weight is 309 g/mol. The largest absolute Gasteiger partial charge is 0.339 e. The van der Waals surface area contributed by atoms with Crippen LogP contribution in [0.2, 0.25) is 0 Å². The zero-order valence-electron chi connectivity index (χ0n) is 12.5. The molecule has 0 fully saturated rings. The van der Waals surface area contributed by atoms with Crippen LogP contribution in [-0.4, -0.2) is 21.2 Å². The molecule has 2 N–H and O–H groups in total. The number of nitrogens with zero attached hydrogens (tertiary/aromatic N) is 3. The Labute approximate surface area is 132 Å². The van der Waals surface area contributed by atoms with Gasteiger partial charge in [0.1, 0.15) is 0 Å². The molecule has 0 radical (unpaired) electrons. The minimum atomic E-state index is -0.335. The number of aryl methyl sites for hydroxylation is 1. The summed E-state index contributed by atoms with van der Waals surface area (Å²) in [7, 11) is 0. The van der Waals surface area contributed by atoms with E-state index in [-0.39, 0.29) is 6.03 Å². The van der Waals surface area contributed by atoms with Crippen molar-refractivity contribution in [2.45, 2.75) is 13.3 Å². The van der Waals surface area contributed by atoms with Crippen molar-refractivity contribution in [1.82, 2.24) is 15.1 Å². The van der Waals surface area contributed by atoms with E-state index in [0.717, 1.165) is 5.56 Å². The molecule has 23 heavy (non-hydrogen) atoms. The molecule has 0 atom stereocenters. The fourth-order valence-electron chi connectivity index (χ4n) is 1.95. The Morgan fingerprint density at radius 3 is 2.57 bits per heavy atom. The maximum Gasteiger partial charge on any atom is 0.323 e. The summed E-state index contributed by atoms with van der Waals surface area (Å²) >= 11 is 0. The SMILES string of the molecule is CCc1nc(-c2ccc(NC(=O)Nc3cccnc3)cc2)no1. The van der Waals surface area contributed by atoms with Gasteiger partial charge in [0, 0.05) is 23.9 Å². The molecule has 2 aromatic heterocycles. The number of hydrogen-bond donors (Lipinski definition) is 2. The summed E-state index contributed by atoms with van der Waals surface area (Å²) in [6, 6.07) is 10.4. The molecular weight excluding hydrogens is 294 g/mol. The van der Waals surface area contributed by atoms with E-state index in [0.29, 0.717) is 29.5 Å². The van der Waals surface area contributed by atoms with Crippen molar-refractivity contribution in [3.8, 4) is 11.4 Å². The summed E-state index contributed by atoms with van der Waals surface area (Å²) in [6.07, 6.45) is 3.91. The van der Waals surface area contributed by atoms with Crippen LogP contribution in [0.5, 0.6) is 0 Å². The van der Waals surface area contributed by atoms with Gasteiger partial charge in [0.05, 0.1) is 11.9 Å². The summed E-state index contributed by atoms with van der Waals surface area (Å²) in [5.74, 6) is 1.13. The highest BCUT2D eigenvalue weighted by molar-refractivity contribution is 5.99. The highest BCUT2D eigenvalue weighted by Gasteiger charge is 2.08. The average Bonchev–Trinajstić information content (AvgIpc) is 3.05. The van der Waals surface area contributed by atoms with Crippen molar-refractivity contribution in [2.75, 3.05) is 10.6 Å². The lowest BCUT2D eigenvalue weighted by Crippen LogP contribution is -2.19. The van der Waals surface area contributed by atoms with E-state index in [1.165, 1.54) is 0 Å². The van der Waals surface area contributed by atoms with Gasteiger partial charge in [0.2, 0.25) is 11.7 Å². The maximum atomic E-state index is 11.9. The lowest BCUT2D eigenvalue weighted by molar-refractivity contribution is 0.262. The van der Waals surface area contributed by atoms with Crippen LogP contribution in [0.25, 0.3) is 11.4 Å². The van der Waals surface area contributed by atoms with E-state index >= 15 is 0 Å². The van der Waals surface area contributed by atoms with Gasteiger partial charge in [-0.15, -0.1) is 0 Å². The van der Waals surface area contributed by atoms with Crippen LogP contribution in [0.3, 0.4) is 0 Å². The van der Waals surface area contributed by atoms with Crippen molar-refractivity contribution in [3.63, 3.8) is 0 Å². The number of amides is 2. The first-order valence-corrected chi connectivity index (χ1v) is 7.15. The number of nitrogens with one attached hydrogen (secondary N) is 2. The number of benzene rings is 1. The predicted molar refractivity (Wildman–Crippen MR) is 86.0 cm³/mol. The molecule has 116 valence electrons. The van der Waals surface area contributed by atoms with Crippen molar-refractivity contribution in [2.24, 2.45) is 0 Å². The van der Waals surface area contributed by atoms with E-state index in [2.05, 4.69) is 25.8 Å². The first-order chi connectivity index (χ1) is 11.2. The van der Waals surface area contributed by atoms with Crippen LogP contribution in [-0.2, 0) is 6.42 Å². The number of pyridine rings is 1. The maximum absolute atomic E-state index is 11.9. The number of anilines is 2.